The van der Waals surface area contributed by atoms with Gasteiger partial charge in [0.15, 0.2) is 11.7 Å². The summed E-state index contributed by atoms with van der Waals surface area (Å²) in [7, 11) is 0. The lowest BCUT2D eigenvalue weighted by Crippen LogP contribution is -2.13. The van der Waals surface area contributed by atoms with E-state index in [2.05, 4.69) is 20.3 Å². The first-order chi connectivity index (χ1) is 12.1. The SMILES string of the molecule is N/C(=N\O)c1ccc(-c2ccc(-c3ccc(/C(N)=N/O)cn3)s2)nc1. The van der Waals surface area contributed by atoms with Crippen molar-refractivity contribution in [1.82, 2.24) is 9.97 Å². The van der Waals surface area contributed by atoms with E-state index in [0.29, 0.717) is 11.1 Å². The van der Waals surface area contributed by atoms with E-state index in [1.54, 1.807) is 36.7 Å². The second-order valence-corrected chi connectivity index (χ2v) is 6.08. The highest BCUT2D eigenvalue weighted by atomic mass is 32.1. The molecule has 6 N–H and O–H groups in total. The summed E-state index contributed by atoms with van der Waals surface area (Å²) in [5.41, 5.74) is 13.7. The monoisotopic (exact) mass is 354 g/mol. The maximum absolute atomic E-state index is 8.67. The molecule has 0 fully saturated rings. The average molecular weight is 354 g/mol. The predicted molar refractivity (Wildman–Crippen MR) is 95.8 cm³/mol. The standard InChI is InChI=1S/C16H14N6O2S/c17-15(21-23)9-1-3-11(19-7-9)13-5-6-14(25-13)12-4-2-10(8-20-12)16(18)22-24/h1-8,23-24H,(H2,17,21)(H2,18,22). The Morgan fingerprint density at radius 2 is 1.20 bits per heavy atom. The predicted octanol–water partition coefficient (Wildman–Crippen LogP) is 2.06. The molecule has 0 unspecified atom stereocenters. The third kappa shape index (κ3) is 3.40. The van der Waals surface area contributed by atoms with Gasteiger partial charge in [-0.2, -0.15) is 0 Å². The zero-order chi connectivity index (χ0) is 17.8. The number of nitrogens with zero attached hydrogens (tertiary/aromatic N) is 4. The van der Waals surface area contributed by atoms with Gasteiger partial charge in [-0.15, -0.1) is 11.3 Å². The van der Waals surface area contributed by atoms with Gasteiger partial charge in [0.05, 0.1) is 21.1 Å². The molecule has 0 aromatic carbocycles. The van der Waals surface area contributed by atoms with Gasteiger partial charge < -0.3 is 21.9 Å². The largest absolute Gasteiger partial charge is 0.409 e. The van der Waals surface area contributed by atoms with Gasteiger partial charge in [-0.25, -0.2) is 0 Å². The maximum Gasteiger partial charge on any atom is 0.171 e. The van der Waals surface area contributed by atoms with Gasteiger partial charge in [-0.05, 0) is 36.4 Å². The van der Waals surface area contributed by atoms with Gasteiger partial charge in [0.25, 0.3) is 0 Å². The Morgan fingerprint density at radius 1 is 0.760 bits per heavy atom. The van der Waals surface area contributed by atoms with Crippen LogP contribution in [0.1, 0.15) is 11.1 Å². The van der Waals surface area contributed by atoms with Crippen molar-refractivity contribution in [2.24, 2.45) is 21.8 Å². The number of aromatic nitrogens is 2. The minimum atomic E-state index is 0.0147. The van der Waals surface area contributed by atoms with Gasteiger partial charge in [-0.1, -0.05) is 10.3 Å². The number of oxime groups is 2. The molecule has 0 atom stereocenters. The van der Waals surface area contributed by atoms with E-state index >= 15 is 0 Å². The smallest absolute Gasteiger partial charge is 0.171 e. The summed E-state index contributed by atoms with van der Waals surface area (Å²) in [4.78, 5) is 10.6. The quantitative estimate of drug-likeness (QED) is 0.244. The second kappa shape index (κ2) is 6.97. The van der Waals surface area contributed by atoms with Crippen LogP contribution in [-0.4, -0.2) is 32.1 Å². The number of nitrogens with two attached hydrogens (primary N) is 2. The Bertz CT molecular complexity index is 856. The maximum atomic E-state index is 8.67. The van der Waals surface area contributed by atoms with E-state index in [9.17, 15) is 0 Å². The molecule has 0 aliphatic carbocycles. The van der Waals surface area contributed by atoms with Gasteiger partial charge in [0.1, 0.15) is 0 Å². The Balaban J connectivity index is 1.85. The summed E-state index contributed by atoms with van der Waals surface area (Å²) in [6, 6.07) is 11.0. The number of thiophene rings is 1. The highest BCUT2D eigenvalue weighted by molar-refractivity contribution is 7.18. The summed E-state index contributed by atoms with van der Waals surface area (Å²) in [6.07, 6.45) is 3.10. The van der Waals surface area contributed by atoms with Gasteiger partial charge in [-0.3, -0.25) is 9.97 Å². The van der Waals surface area contributed by atoms with Crippen LogP contribution in [0.2, 0.25) is 0 Å². The molecule has 3 heterocycles. The first kappa shape index (κ1) is 16.4. The molecule has 0 aliphatic heterocycles. The second-order valence-electron chi connectivity index (χ2n) is 5.00. The van der Waals surface area contributed by atoms with Crippen LogP contribution < -0.4 is 11.5 Å². The fourth-order valence-corrected chi connectivity index (χ4v) is 3.07. The first-order valence-electron chi connectivity index (χ1n) is 7.11. The van der Waals surface area contributed by atoms with Crippen molar-refractivity contribution in [3.8, 4) is 21.1 Å². The zero-order valence-corrected chi connectivity index (χ0v) is 13.7. The topological polar surface area (TPSA) is 143 Å². The van der Waals surface area contributed by atoms with E-state index in [4.69, 9.17) is 21.9 Å². The molecule has 0 bridgehead atoms. The highest BCUT2D eigenvalue weighted by Crippen LogP contribution is 2.32. The van der Waals surface area contributed by atoms with Crippen molar-refractivity contribution in [1.29, 1.82) is 0 Å². The van der Waals surface area contributed by atoms with Crippen LogP contribution in [-0.2, 0) is 0 Å². The number of pyridine rings is 2. The number of hydrogen-bond donors (Lipinski definition) is 4. The summed E-state index contributed by atoms with van der Waals surface area (Å²) in [6.45, 7) is 0. The fourth-order valence-electron chi connectivity index (χ4n) is 2.11. The molecular weight excluding hydrogens is 340 g/mol. The average Bonchev–Trinajstić information content (AvgIpc) is 3.17. The molecule has 25 heavy (non-hydrogen) atoms. The van der Waals surface area contributed by atoms with Crippen LogP contribution >= 0.6 is 11.3 Å². The van der Waals surface area contributed by atoms with Crippen LogP contribution in [0, 0.1) is 0 Å². The minimum Gasteiger partial charge on any atom is -0.409 e. The molecule has 3 aromatic rings. The van der Waals surface area contributed by atoms with Crippen LogP contribution in [0.25, 0.3) is 21.1 Å². The first-order valence-corrected chi connectivity index (χ1v) is 7.92. The van der Waals surface area contributed by atoms with E-state index in [0.717, 1.165) is 21.1 Å². The van der Waals surface area contributed by atoms with Crippen LogP contribution in [0.15, 0.2) is 59.1 Å². The number of amidine groups is 2. The van der Waals surface area contributed by atoms with Crippen LogP contribution in [0.3, 0.4) is 0 Å². The van der Waals surface area contributed by atoms with Crippen molar-refractivity contribution >= 4 is 23.0 Å². The summed E-state index contributed by atoms with van der Waals surface area (Å²) in [5, 5.41) is 23.2. The summed E-state index contributed by atoms with van der Waals surface area (Å²) < 4.78 is 0. The molecule has 9 heteroatoms. The summed E-state index contributed by atoms with van der Waals surface area (Å²) in [5.74, 6) is 0.0294. The molecule has 0 aliphatic rings. The minimum absolute atomic E-state index is 0.0147. The molecule has 0 spiro atoms. The summed E-state index contributed by atoms with van der Waals surface area (Å²) >= 11 is 1.53. The van der Waals surface area contributed by atoms with E-state index in [1.165, 1.54) is 11.3 Å². The normalized spacial score (nSPS) is 12.3. The van der Waals surface area contributed by atoms with E-state index in [-0.39, 0.29) is 11.7 Å². The van der Waals surface area contributed by atoms with Crippen molar-refractivity contribution in [3.63, 3.8) is 0 Å². The Morgan fingerprint density at radius 3 is 1.52 bits per heavy atom. The molecular formula is C16H14N6O2S. The van der Waals surface area contributed by atoms with Crippen molar-refractivity contribution in [2.75, 3.05) is 0 Å². The molecule has 0 amide bonds. The zero-order valence-electron chi connectivity index (χ0n) is 12.9. The lowest BCUT2D eigenvalue weighted by molar-refractivity contribution is 0.318. The molecule has 0 saturated carbocycles. The number of hydrogen-bond acceptors (Lipinski definition) is 7. The molecule has 0 saturated heterocycles. The van der Waals surface area contributed by atoms with Crippen LogP contribution in [0.5, 0.6) is 0 Å². The van der Waals surface area contributed by atoms with Crippen LogP contribution in [0.4, 0.5) is 0 Å². The molecule has 3 aromatic heterocycles. The molecule has 126 valence electrons. The van der Waals surface area contributed by atoms with Crippen molar-refractivity contribution in [2.45, 2.75) is 0 Å². The van der Waals surface area contributed by atoms with Crippen molar-refractivity contribution < 1.29 is 10.4 Å². The molecule has 8 nitrogen and oxygen atoms in total. The molecule has 0 radical (unpaired) electrons. The van der Waals surface area contributed by atoms with E-state index in [1.807, 2.05) is 12.1 Å². The molecule has 3 rings (SSSR count). The Kier molecular flexibility index (Phi) is 4.57. The Hall–Kier alpha value is -3.46. The third-order valence-corrected chi connectivity index (χ3v) is 4.58. The highest BCUT2D eigenvalue weighted by Gasteiger charge is 2.09. The van der Waals surface area contributed by atoms with E-state index < -0.39 is 0 Å². The Labute approximate surface area is 146 Å². The third-order valence-electron chi connectivity index (χ3n) is 3.44. The van der Waals surface area contributed by atoms with Crippen molar-refractivity contribution in [3.05, 3.63) is 59.9 Å². The van der Waals surface area contributed by atoms with Gasteiger partial charge >= 0.3 is 0 Å². The van der Waals surface area contributed by atoms with Gasteiger partial charge in [0.2, 0.25) is 0 Å². The fraction of sp³-hybridized carbons (Fsp3) is 0. The lowest BCUT2D eigenvalue weighted by atomic mass is 10.2. The lowest BCUT2D eigenvalue weighted by Gasteiger charge is -2.01. The van der Waals surface area contributed by atoms with Gasteiger partial charge in [0, 0.05) is 23.5 Å². The number of rotatable bonds is 4.